The molecule has 102 valence electrons. The number of hydrogen-bond acceptors (Lipinski definition) is 6. The highest BCUT2D eigenvalue weighted by Gasteiger charge is 2.10. The van der Waals surface area contributed by atoms with Crippen molar-refractivity contribution in [1.29, 1.82) is 0 Å². The molecule has 0 atom stereocenters. The zero-order valence-electron chi connectivity index (χ0n) is 11.0. The molecule has 0 bridgehead atoms. The van der Waals surface area contributed by atoms with Crippen molar-refractivity contribution < 1.29 is 0 Å². The summed E-state index contributed by atoms with van der Waals surface area (Å²) >= 11 is 7.37. The van der Waals surface area contributed by atoms with E-state index in [1.54, 1.807) is 6.20 Å². The van der Waals surface area contributed by atoms with Gasteiger partial charge in [-0.3, -0.25) is 0 Å². The fraction of sp³-hybridized carbons (Fsp3) is 0.231. The second-order valence-electron chi connectivity index (χ2n) is 4.53. The van der Waals surface area contributed by atoms with E-state index in [1.165, 1.54) is 11.7 Å². The summed E-state index contributed by atoms with van der Waals surface area (Å²) in [4.78, 5) is 10.5. The van der Waals surface area contributed by atoms with Gasteiger partial charge in [-0.15, -0.1) is 0 Å². The lowest BCUT2D eigenvalue weighted by Gasteiger charge is -2.19. The molecular formula is C13H12ClN5S. The van der Waals surface area contributed by atoms with Crippen LogP contribution in [0.25, 0.3) is 11.0 Å². The number of benzene rings is 1. The van der Waals surface area contributed by atoms with Gasteiger partial charge in [0.05, 0.1) is 17.9 Å². The maximum Gasteiger partial charge on any atom is 0.151 e. The first-order valence-corrected chi connectivity index (χ1v) is 7.16. The number of fused-ring (bicyclic) bond motifs is 1. The standard InChI is InChI=1S/C13H12ClN5S/c1-8-15-6-10(14)13(16-8)19(2)7-9-3-4-11-12(5-9)18-20-17-11/h3-6H,7H2,1-2H3. The lowest BCUT2D eigenvalue weighted by molar-refractivity contribution is 0.880. The van der Waals surface area contributed by atoms with Crippen LogP contribution >= 0.6 is 23.3 Å². The van der Waals surface area contributed by atoms with Crippen molar-refractivity contribution in [3.63, 3.8) is 0 Å². The summed E-state index contributed by atoms with van der Waals surface area (Å²) in [5.74, 6) is 1.44. The van der Waals surface area contributed by atoms with E-state index in [0.717, 1.165) is 22.4 Å². The van der Waals surface area contributed by atoms with E-state index in [0.29, 0.717) is 17.4 Å². The Morgan fingerprint density at radius 3 is 2.90 bits per heavy atom. The minimum atomic E-state index is 0.550. The molecule has 3 aromatic rings. The Hall–Kier alpha value is -1.79. The van der Waals surface area contributed by atoms with Crippen molar-refractivity contribution in [2.24, 2.45) is 0 Å². The third-order valence-electron chi connectivity index (χ3n) is 2.95. The Morgan fingerprint density at radius 1 is 1.25 bits per heavy atom. The van der Waals surface area contributed by atoms with Crippen LogP contribution in [0.5, 0.6) is 0 Å². The van der Waals surface area contributed by atoms with Gasteiger partial charge in [-0.1, -0.05) is 17.7 Å². The lowest BCUT2D eigenvalue weighted by atomic mass is 10.2. The largest absolute Gasteiger partial charge is 0.354 e. The van der Waals surface area contributed by atoms with Crippen LogP contribution in [0.3, 0.4) is 0 Å². The van der Waals surface area contributed by atoms with Crippen molar-refractivity contribution in [2.75, 3.05) is 11.9 Å². The number of aromatic nitrogens is 4. The third-order valence-corrected chi connectivity index (χ3v) is 3.77. The summed E-state index contributed by atoms with van der Waals surface area (Å²) in [7, 11) is 1.96. The SMILES string of the molecule is Cc1ncc(Cl)c(N(C)Cc2ccc3nsnc3c2)n1. The highest BCUT2D eigenvalue weighted by atomic mass is 35.5. The van der Waals surface area contributed by atoms with Crippen LogP contribution < -0.4 is 4.90 Å². The van der Waals surface area contributed by atoms with E-state index >= 15 is 0 Å². The fourth-order valence-electron chi connectivity index (χ4n) is 1.99. The van der Waals surface area contributed by atoms with Gasteiger partial charge in [-0.2, -0.15) is 8.75 Å². The molecule has 0 fully saturated rings. The number of nitrogens with zero attached hydrogens (tertiary/aromatic N) is 5. The number of halogens is 1. The van der Waals surface area contributed by atoms with Crippen LogP contribution in [-0.2, 0) is 6.54 Å². The van der Waals surface area contributed by atoms with E-state index in [2.05, 4.69) is 18.7 Å². The van der Waals surface area contributed by atoms with Gasteiger partial charge in [0.25, 0.3) is 0 Å². The molecule has 0 aliphatic rings. The van der Waals surface area contributed by atoms with Gasteiger partial charge < -0.3 is 4.90 Å². The Kier molecular flexibility index (Phi) is 3.50. The van der Waals surface area contributed by atoms with Gasteiger partial charge in [0.15, 0.2) is 5.82 Å². The molecule has 7 heteroatoms. The van der Waals surface area contributed by atoms with Crippen LogP contribution in [0.1, 0.15) is 11.4 Å². The summed E-state index contributed by atoms with van der Waals surface area (Å²) in [5.41, 5.74) is 2.99. The topological polar surface area (TPSA) is 54.8 Å². The van der Waals surface area contributed by atoms with Crippen molar-refractivity contribution in [3.8, 4) is 0 Å². The Balaban J connectivity index is 1.87. The van der Waals surface area contributed by atoms with Crippen molar-refractivity contribution in [2.45, 2.75) is 13.5 Å². The van der Waals surface area contributed by atoms with Crippen LogP contribution in [0.15, 0.2) is 24.4 Å². The normalized spacial score (nSPS) is 10.9. The Morgan fingerprint density at radius 2 is 2.05 bits per heavy atom. The smallest absolute Gasteiger partial charge is 0.151 e. The molecule has 1 aromatic carbocycles. The number of aryl methyl sites for hydroxylation is 1. The first kappa shape index (κ1) is 13.2. The summed E-state index contributed by atoms with van der Waals surface area (Å²) in [6, 6.07) is 6.06. The van der Waals surface area contributed by atoms with Gasteiger partial charge >= 0.3 is 0 Å². The van der Waals surface area contributed by atoms with Gasteiger partial charge in [-0.05, 0) is 24.6 Å². The highest BCUT2D eigenvalue weighted by Crippen LogP contribution is 2.23. The molecule has 0 spiro atoms. The molecule has 0 aliphatic carbocycles. The molecular weight excluding hydrogens is 294 g/mol. The highest BCUT2D eigenvalue weighted by molar-refractivity contribution is 7.00. The summed E-state index contributed by atoms with van der Waals surface area (Å²) in [5, 5.41) is 0.550. The lowest BCUT2D eigenvalue weighted by Crippen LogP contribution is -2.18. The van der Waals surface area contributed by atoms with Crippen molar-refractivity contribution in [1.82, 2.24) is 18.7 Å². The van der Waals surface area contributed by atoms with Gasteiger partial charge in [0.1, 0.15) is 21.9 Å². The van der Waals surface area contributed by atoms with E-state index in [9.17, 15) is 0 Å². The number of hydrogen-bond donors (Lipinski definition) is 0. The number of anilines is 1. The van der Waals surface area contributed by atoms with Gasteiger partial charge in [-0.25, -0.2) is 9.97 Å². The molecule has 0 aliphatic heterocycles. The molecule has 0 unspecified atom stereocenters. The van der Waals surface area contributed by atoms with E-state index in [4.69, 9.17) is 11.6 Å². The molecule has 2 heterocycles. The first-order valence-electron chi connectivity index (χ1n) is 6.05. The van der Waals surface area contributed by atoms with Gasteiger partial charge in [0.2, 0.25) is 0 Å². The van der Waals surface area contributed by atoms with E-state index in [-0.39, 0.29) is 0 Å². The molecule has 5 nitrogen and oxygen atoms in total. The predicted octanol–water partition coefficient (Wildman–Crippen LogP) is 3.08. The van der Waals surface area contributed by atoms with Crippen LogP contribution in [0.4, 0.5) is 5.82 Å². The molecule has 2 aromatic heterocycles. The predicted molar refractivity (Wildman–Crippen MR) is 81.3 cm³/mol. The van der Waals surface area contributed by atoms with Crippen LogP contribution in [0, 0.1) is 6.92 Å². The molecule has 0 N–H and O–H groups in total. The number of rotatable bonds is 3. The summed E-state index contributed by atoms with van der Waals surface area (Å²) in [6.07, 6.45) is 1.63. The first-order chi connectivity index (χ1) is 9.63. The molecule has 20 heavy (non-hydrogen) atoms. The Labute approximate surface area is 125 Å². The average molecular weight is 306 g/mol. The monoisotopic (exact) mass is 305 g/mol. The Bertz CT molecular complexity index is 757. The van der Waals surface area contributed by atoms with Gasteiger partial charge in [0, 0.05) is 13.6 Å². The maximum absolute atomic E-state index is 6.15. The minimum Gasteiger partial charge on any atom is -0.354 e. The quantitative estimate of drug-likeness (QED) is 0.744. The van der Waals surface area contributed by atoms with E-state index < -0.39 is 0 Å². The summed E-state index contributed by atoms with van der Waals surface area (Å²) < 4.78 is 8.45. The van der Waals surface area contributed by atoms with Crippen LogP contribution in [0.2, 0.25) is 5.02 Å². The fourth-order valence-corrected chi connectivity index (χ4v) is 2.74. The molecule has 0 radical (unpaired) electrons. The third kappa shape index (κ3) is 2.57. The average Bonchev–Trinajstić information content (AvgIpc) is 2.89. The molecule has 0 saturated heterocycles. The second-order valence-corrected chi connectivity index (χ2v) is 5.47. The molecule has 0 amide bonds. The van der Waals surface area contributed by atoms with Crippen molar-refractivity contribution >= 4 is 40.2 Å². The molecule has 3 rings (SSSR count). The van der Waals surface area contributed by atoms with Crippen LogP contribution in [-0.4, -0.2) is 25.8 Å². The van der Waals surface area contributed by atoms with Crippen molar-refractivity contribution in [3.05, 3.63) is 40.8 Å². The zero-order valence-corrected chi connectivity index (χ0v) is 12.6. The zero-order chi connectivity index (χ0) is 14.1. The maximum atomic E-state index is 6.15. The minimum absolute atomic E-state index is 0.550. The summed E-state index contributed by atoms with van der Waals surface area (Å²) in [6.45, 7) is 2.55. The second kappa shape index (κ2) is 5.30. The molecule has 0 saturated carbocycles. The van der Waals surface area contributed by atoms with E-state index in [1.807, 2.05) is 37.1 Å².